The van der Waals surface area contributed by atoms with Crippen molar-refractivity contribution in [1.29, 1.82) is 5.26 Å². The van der Waals surface area contributed by atoms with Crippen molar-refractivity contribution < 1.29 is 9.59 Å². The largest absolute Gasteiger partial charge is 0.341 e. The van der Waals surface area contributed by atoms with E-state index in [0.717, 1.165) is 5.69 Å². The second-order valence-corrected chi connectivity index (χ2v) is 7.24. The van der Waals surface area contributed by atoms with Crippen molar-refractivity contribution in [2.24, 2.45) is 0 Å². The molecule has 1 aromatic rings. The van der Waals surface area contributed by atoms with Gasteiger partial charge >= 0.3 is 0 Å². The number of thioether (sulfide) groups is 1. The number of carbonyl (C=O) groups excluding carboxylic acids is 2. The van der Waals surface area contributed by atoms with E-state index < -0.39 is 5.41 Å². The number of hydrogen-bond acceptors (Lipinski definition) is 5. The number of rotatable bonds is 2. The predicted octanol–water partition coefficient (Wildman–Crippen LogP) is 1.39. The molecule has 3 rings (SSSR count). The van der Waals surface area contributed by atoms with Gasteiger partial charge in [-0.1, -0.05) is 6.07 Å². The van der Waals surface area contributed by atoms with Crippen LogP contribution in [-0.2, 0) is 15.0 Å². The number of carbonyl (C=O) groups is 2. The molecular weight excluding hydrogens is 324 g/mol. The van der Waals surface area contributed by atoms with Crippen LogP contribution in [0.15, 0.2) is 24.4 Å². The Kier molecular flexibility index (Phi) is 4.76. The lowest BCUT2D eigenvalue weighted by molar-refractivity contribution is -0.143. The predicted molar refractivity (Wildman–Crippen MR) is 91.0 cm³/mol. The van der Waals surface area contributed by atoms with Gasteiger partial charge in [0.1, 0.15) is 11.5 Å². The van der Waals surface area contributed by atoms with E-state index in [1.165, 1.54) is 6.92 Å². The van der Waals surface area contributed by atoms with Gasteiger partial charge in [0.25, 0.3) is 0 Å². The molecule has 0 bridgehead atoms. The summed E-state index contributed by atoms with van der Waals surface area (Å²) in [6, 6.07) is 7.66. The topological polar surface area (TPSA) is 77.3 Å². The summed E-state index contributed by atoms with van der Waals surface area (Å²) in [5.74, 6) is 1.17. The van der Waals surface area contributed by atoms with Crippen LogP contribution in [0.4, 0.5) is 0 Å². The van der Waals surface area contributed by atoms with Crippen molar-refractivity contribution in [3.63, 3.8) is 0 Å². The molecule has 6 nitrogen and oxygen atoms in total. The van der Waals surface area contributed by atoms with Crippen molar-refractivity contribution >= 4 is 23.6 Å². The Morgan fingerprint density at radius 1 is 1.38 bits per heavy atom. The summed E-state index contributed by atoms with van der Waals surface area (Å²) in [5.41, 5.74) is 0.157. The molecule has 126 valence electrons. The molecule has 2 amide bonds. The van der Waals surface area contributed by atoms with Crippen LogP contribution in [0.2, 0.25) is 0 Å². The molecule has 0 aliphatic carbocycles. The fraction of sp³-hybridized carbons (Fsp3) is 0.529. The van der Waals surface area contributed by atoms with E-state index in [9.17, 15) is 14.9 Å². The number of nitrogens with zero attached hydrogens (tertiary/aromatic N) is 4. The molecule has 3 heterocycles. The third-order valence-electron chi connectivity index (χ3n) is 4.87. The smallest absolute Gasteiger partial charge is 0.246 e. The SMILES string of the molecule is CC(=O)N1CSCC1C(=O)N1CCC(C#N)(c2ccccn2)CC1. The zero-order chi connectivity index (χ0) is 17.2. The lowest BCUT2D eigenvalue weighted by Crippen LogP contribution is -2.52. The third-order valence-corrected chi connectivity index (χ3v) is 5.88. The van der Waals surface area contributed by atoms with Gasteiger partial charge in [0, 0.05) is 32.0 Å². The quantitative estimate of drug-likeness (QED) is 0.810. The van der Waals surface area contributed by atoms with Gasteiger partial charge in [0.2, 0.25) is 11.8 Å². The first kappa shape index (κ1) is 16.8. The van der Waals surface area contributed by atoms with Gasteiger partial charge in [-0.05, 0) is 25.0 Å². The molecule has 1 unspecified atom stereocenters. The summed E-state index contributed by atoms with van der Waals surface area (Å²) in [5, 5.41) is 9.70. The molecular formula is C17H20N4O2S. The second kappa shape index (κ2) is 6.81. The summed E-state index contributed by atoms with van der Waals surface area (Å²) in [6.45, 7) is 2.55. The van der Waals surface area contributed by atoms with Crippen LogP contribution in [0.1, 0.15) is 25.5 Å². The fourth-order valence-electron chi connectivity index (χ4n) is 3.35. The zero-order valence-corrected chi connectivity index (χ0v) is 14.5. The summed E-state index contributed by atoms with van der Waals surface area (Å²) in [7, 11) is 0. The number of amides is 2. The maximum Gasteiger partial charge on any atom is 0.246 e. The molecule has 2 saturated heterocycles. The minimum atomic E-state index is -0.622. The van der Waals surface area contributed by atoms with Gasteiger partial charge in [0.05, 0.1) is 17.6 Å². The van der Waals surface area contributed by atoms with E-state index >= 15 is 0 Å². The van der Waals surface area contributed by atoms with Crippen LogP contribution in [0.25, 0.3) is 0 Å². The van der Waals surface area contributed by atoms with E-state index in [-0.39, 0.29) is 17.9 Å². The highest BCUT2D eigenvalue weighted by atomic mass is 32.2. The van der Waals surface area contributed by atoms with Crippen molar-refractivity contribution in [2.75, 3.05) is 24.7 Å². The number of hydrogen-bond donors (Lipinski definition) is 0. The molecule has 0 aromatic carbocycles. The molecule has 2 fully saturated rings. The Morgan fingerprint density at radius 3 is 2.71 bits per heavy atom. The first-order valence-corrected chi connectivity index (χ1v) is 9.19. The van der Waals surface area contributed by atoms with Gasteiger partial charge in [-0.2, -0.15) is 5.26 Å². The van der Waals surface area contributed by atoms with E-state index in [1.54, 1.807) is 27.8 Å². The van der Waals surface area contributed by atoms with Gasteiger partial charge in [-0.15, -0.1) is 11.8 Å². The van der Waals surface area contributed by atoms with Crippen molar-refractivity contribution in [3.8, 4) is 6.07 Å². The third kappa shape index (κ3) is 2.98. The Morgan fingerprint density at radius 2 is 2.12 bits per heavy atom. The molecule has 0 N–H and O–H groups in total. The molecule has 1 atom stereocenters. The highest BCUT2D eigenvalue weighted by molar-refractivity contribution is 7.99. The summed E-state index contributed by atoms with van der Waals surface area (Å²) < 4.78 is 0. The molecule has 0 radical (unpaired) electrons. The van der Waals surface area contributed by atoms with Crippen molar-refractivity contribution in [1.82, 2.24) is 14.8 Å². The van der Waals surface area contributed by atoms with Crippen LogP contribution < -0.4 is 0 Å². The van der Waals surface area contributed by atoms with E-state index in [0.29, 0.717) is 37.6 Å². The molecule has 24 heavy (non-hydrogen) atoms. The first-order valence-electron chi connectivity index (χ1n) is 8.04. The van der Waals surface area contributed by atoms with Crippen LogP contribution in [0.5, 0.6) is 0 Å². The molecule has 0 saturated carbocycles. The Balaban J connectivity index is 1.70. The van der Waals surface area contributed by atoms with Crippen LogP contribution in [0.3, 0.4) is 0 Å². The minimum absolute atomic E-state index is 0.00256. The summed E-state index contributed by atoms with van der Waals surface area (Å²) in [4.78, 5) is 32.2. The highest BCUT2D eigenvalue weighted by Crippen LogP contribution is 2.34. The monoisotopic (exact) mass is 344 g/mol. The molecule has 2 aliphatic rings. The lowest BCUT2D eigenvalue weighted by Gasteiger charge is -2.38. The Hall–Kier alpha value is -2.07. The second-order valence-electron chi connectivity index (χ2n) is 6.24. The number of nitriles is 1. The van der Waals surface area contributed by atoms with E-state index in [1.807, 2.05) is 18.2 Å². The van der Waals surface area contributed by atoms with Gasteiger partial charge in [0.15, 0.2) is 0 Å². The van der Waals surface area contributed by atoms with E-state index in [2.05, 4.69) is 11.1 Å². The number of piperidine rings is 1. The average molecular weight is 344 g/mol. The number of aromatic nitrogens is 1. The zero-order valence-electron chi connectivity index (χ0n) is 13.6. The normalized spacial score (nSPS) is 22.9. The van der Waals surface area contributed by atoms with Gasteiger partial charge in [-0.25, -0.2) is 0 Å². The van der Waals surface area contributed by atoms with Crippen molar-refractivity contribution in [3.05, 3.63) is 30.1 Å². The van der Waals surface area contributed by atoms with Gasteiger partial charge < -0.3 is 9.80 Å². The van der Waals surface area contributed by atoms with Crippen LogP contribution in [0, 0.1) is 11.3 Å². The lowest BCUT2D eigenvalue weighted by atomic mass is 9.76. The number of likely N-dealkylation sites (tertiary alicyclic amines) is 1. The maximum absolute atomic E-state index is 12.8. The first-order chi connectivity index (χ1) is 11.6. The summed E-state index contributed by atoms with van der Waals surface area (Å²) >= 11 is 1.61. The van der Waals surface area contributed by atoms with Gasteiger partial charge in [-0.3, -0.25) is 14.6 Å². The molecule has 0 spiro atoms. The van der Waals surface area contributed by atoms with Crippen LogP contribution in [-0.4, -0.2) is 57.4 Å². The average Bonchev–Trinajstić information content (AvgIpc) is 3.12. The molecule has 7 heteroatoms. The Labute approximate surface area is 145 Å². The fourth-order valence-corrected chi connectivity index (χ4v) is 4.56. The van der Waals surface area contributed by atoms with E-state index in [4.69, 9.17) is 0 Å². The van der Waals surface area contributed by atoms with Crippen LogP contribution >= 0.6 is 11.8 Å². The Bertz CT molecular complexity index is 665. The molecule has 1 aromatic heterocycles. The standard InChI is InChI=1S/C17H20N4O2S/c1-13(22)21-12-24-10-14(21)16(23)20-8-5-17(11-18,6-9-20)15-4-2-3-7-19-15/h2-4,7,14H,5-6,8-10,12H2,1H3. The highest BCUT2D eigenvalue weighted by Gasteiger charge is 2.42. The summed E-state index contributed by atoms with van der Waals surface area (Å²) in [6.07, 6.45) is 2.85. The molecule has 2 aliphatic heterocycles. The number of pyridine rings is 1. The minimum Gasteiger partial charge on any atom is -0.341 e. The van der Waals surface area contributed by atoms with Crippen molar-refractivity contribution in [2.45, 2.75) is 31.2 Å². The maximum atomic E-state index is 12.8.